The summed E-state index contributed by atoms with van der Waals surface area (Å²) in [6, 6.07) is 16.5. The highest BCUT2D eigenvalue weighted by atomic mass is 15.2. The second kappa shape index (κ2) is 7.85. The Morgan fingerprint density at radius 2 is 1.84 bits per heavy atom. The van der Waals surface area contributed by atoms with E-state index in [-0.39, 0.29) is 0 Å². The molecule has 4 aromatic rings. The molecule has 1 atom stereocenters. The molecule has 0 bridgehead atoms. The van der Waals surface area contributed by atoms with Gasteiger partial charge in [-0.1, -0.05) is 24.3 Å². The number of likely N-dealkylation sites (tertiary alicyclic amines) is 2. The topological polar surface area (TPSA) is 38.1 Å². The van der Waals surface area contributed by atoms with Crippen molar-refractivity contribution in [2.24, 2.45) is 0 Å². The fourth-order valence-corrected chi connectivity index (χ4v) is 5.29. The Balaban J connectivity index is 1.35. The summed E-state index contributed by atoms with van der Waals surface area (Å²) in [5.74, 6) is 0. The maximum atomic E-state index is 3.75. The van der Waals surface area contributed by atoms with Crippen LogP contribution in [0.3, 0.4) is 0 Å². The quantitative estimate of drug-likeness (QED) is 0.438. The Bertz CT molecular complexity index is 1210. The standard InChI is InChI=1S/C27H32N4/c1-19-9-15-31(19)16-10-21-18-28-25-8-7-20(17-24(21)25)27-23(11-14-30-12-4-13-30)22-5-2-3-6-26(22)29-27/h2-3,5-8,17-19,28-29H,4,9-16H2,1H3. The number of fused-ring (bicyclic) bond motifs is 2. The lowest BCUT2D eigenvalue weighted by Gasteiger charge is -2.38. The van der Waals surface area contributed by atoms with Gasteiger partial charge in [-0.3, -0.25) is 0 Å². The first-order chi connectivity index (χ1) is 15.3. The summed E-state index contributed by atoms with van der Waals surface area (Å²) in [5.41, 5.74) is 8.00. The smallest absolute Gasteiger partial charge is 0.0498 e. The number of benzene rings is 2. The predicted octanol–water partition coefficient (Wildman–Crippen LogP) is 5.20. The minimum Gasteiger partial charge on any atom is -0.361 e. The van der Waals surface area contributed by atoms with E-state index < -0.39 is 0 Å². The molecule has 2 aliphatic heterocycles. The van der Waals surface area contributed by atoms with E-state index in [4.69, 9.17) is 0 Å². The number of nitrogens with one attached hydrogen (secondary N) is 2. The van der Waals surface area contributed by atoms with E-state index in [2.05, 4.69) is 75.4 Å². The largest absolute Gasteiger partial charge is 0.361 e. The van der Waals surface area contributed by atoms with Crippen molar-refractivity contribution in [1.29, 1.82) is 0 Å². The molecule has 2 aliphatic rings. The molecular weight excluding hydrogens is 380 g/mol. The first kappa shape index (κ1) is 19.1. The van der Waals surface area contributed by atoms with Gasteiger partial charge in [-0.2, -0.15) is 0 Å². The highest BCUT2D eigenvalue weighted by molar-refractivity contribution is 5.94. The Morgan fingerprint density at radius 3 is 2.61 bits per heavy atom. The van der Waals surface area contributed by atoms with Crippen LogP contribution in [0.1, 0.15) is 30.9 Å². The van der Waals surface area contributed by atoms with Crippen molar-refractivity contribution >= 4 is 21.8 Å². The molecular formula is C27H32N4. The van der Waals surface area contributed by atoms with Gasteiger partial charge in [0.15, 0.2) is 0 Å². The van der Waals surface area contributed by atoms with Crippen molar-refractivity contribution < 1.29 is 0 Å². The molecule has 2 aromatic carbocycles. The van der Waals surface area contributed by atoms with Gasteiger partial charge in [-0.05, 0) is 87.1 Å². The fraction of sp³-hybridized carbons (Fsp3) is 0.407. The summed E-state index contributed by atoms with van der Waals surface area (Å²) in [6.07, 6.45) is 7.13. The number of rotatable bonds is 7. The Morgan fingerprint density at radius 1 is 0.935 bits per heavy atom. The predicted molar refractivity (Wildman–Crippen MR) is 130 cm³/mol. The van der Waals surface area contributed by atoms with E-state index in [1.54, 1.807) is 0 Å². The van der Waals surface area contributed by atoms with Crippen molar-refractivity contribution in [3.8, 4) is 11.3 Å². The lowest BCUT2D eigenvalue weighted by atomic mass is 9.99. The molecule has 0 saturated carbocycles. The molecule has 2 aromatic heterocycles. The third kappa shape index (κ3) is 3.48. The van der Waals surface area contributed by atoms with E-state index >= 15 is 0 Å². The van der Waals surface area contributed by atoms with Gasteiger partial charge < -0.3 is 19.8 Å². The number of nitrogens with zero attached hydrogens (tertiary/aromatic N) is 2. The van der Waals surface area contributed by atoms with E-state index in [0.717, 1.165) is 32.0 Å². The molecule has 4 heteroatoms. The van der Waals surface area contributed by atoms with Crippen LogP contribution in [-0.2, 0) is 12.8 Å². The molecule has 2 fully saturated rings. The Hall–Kier alpha value is -2.56. The molecule has 4 nitrogen and oxygen atoms in total. The first-order valence-corrected chi connectivity index (χ1v) is 11.9. The minimum atomic E-state index is 0.751. The molecule has 6 rings (SSSR count). The summed E-state index contributed by atoms with van der Waals surface area (Å²) in [7, 11) is 0. The lowest BCUT2D eigenvalue weighted by Crippen LogP contribution is -2.46. The number of hydrogen-bond acceptors (Lipinski definition) is 2. The Kier molecular flexibility index (Phi) is 4.85. The number of hydrogen-bond donors (Lipinski definition) is 2. The molecule has 31 heavy (non-hydrogen) atoms. The molecule has 0 aliphatic carbocycles. The SMILES string of the molecule is CC1CCN1CCc1c[nH]c2ccc(-c3[nH]c4ccccc4c3CCN3CCC3)cc12. The second-order valence-corrected chi connectivity index (χ2v) is 9.47. The molecule has 0 amide bonds. The average Bonchev–Trinajstić information content (AvgIpc) is 3.33. The van der Waals surface area contributed by atoms with Crippen molar-refractivity contribution in [3.63, 3.8) is 0 Å². The molecule has 160 valence electrons. The van der Waals surface area contributed by atoms with Crippen molar-refractivity contribution in [1.82, 2.24) is 19.8 Å². The van der Waals surface area contributed by atoms with Crippen LogP contribution in [0.25, 0.3) is 33.1 Å². The van der Waals surface area contributed by atoms with Gasteiger partial charge in [0, 0.05) is 52.8 Å². The molecule has 0 spiro atoms. The minimum absolute atomic E-state index is 0.751. The lowest BCUT2D eigenvalue weighted by molar-refractivity contribution is 0.107. The average molecular weight is 413 g/mol. The molecule has 0 radical (unpaired) electrons. The van der Waals surface area contributed by atoms with Gasteiger partial charge in [-0.15, -0.1) is 0 Å². The number of H-pyrrole nitrogens is 2. The maximum absolute atomic E-state index is 3.75. The summed E-state index contributed by atoms with van der Waals surface area (Å²) in [5, 5.41) is 2.75. The molecule has 2 saturated heterocycles. The number of aromatic amines is 2. The van der Waals surface area contributed by atoms with Crippen LogP contribution >= 0.6 is 0 Å². The van der Waals surface area contributed by atoms with Crippen LogP contribution in [0.4, 0.5) is 0 Å². The van der Waals surface area contributed by atoms with Crippen LogP contribution in [0.15, 0.2) is 48.7 Å². The summed E-state index contributed by atoms with van der Waals surface area (Å²) in [4.78, 5) is 12.4. The zero-order valence-electron chi connectivity index (χ0n) is 18.5. The van der Waals surface area contributed by atoms with E-state index in [1.807, 2.05) is 0 Å². The van der Waals surface area contributed by atoms with Crippen LogP contribution in [0.5, 0.6) is 0 Å². The van der Waals surface area contributed by atoms with Crippen molar-refractivity contribution in [2.75, 3.05) is 32.7 Å². The highest BCUT2D eigenvalue weighted by Gasteiger charge is 2.23. The van der Waals surface area contributed by atoms with E-state index in [0.29, 0.717) is 0 Å². The van der Waals surface area contributed by atoms with E-state index in [9.17, 15) is 0 Å². The van der Waals surface area contributed by atoms with Gasteiger partial charge in [0.1, 0.15) is 0 Å². The zero-order valence-corrected chi connectivity index (χ0v) is 18.5. The van der Waals surface area contributed by atoms with Gasteiger partial charge >= 0.3 is 0 Å². The van der Waals surface area contributed by atoms with E-state index in [1.165, 1.54) is 76.7 Å². The van der Waals surface area contributed by atoms with Gasteiger partial charge in [0.2, 0.25) is 0 Å². The van der Waals surface area contributed by atoms with Gasteiger partial charge in [0.25, 0.3) is 0 Å². The Labute approximate surface area is 184 Å². The summed E-state index contributed by atoms with van der Waals surface area (Å²) < 4.78 is 0. The van der Waals surface area contributed by atoms with Crippen LogP contribution in [-0.4, -0.2) is 58.5 Å². The number of aromatic nitrogens is 2. The molecule has 4 heterocycles. The third-order valence-electron chi connectivity index (χ3n) is 7.62. The van der Waals surface area contributed by atoms with Gasteiger partial charge in [-0.25, -0.2) is 0 Å². The normalized spacial score (nSPS) is 19.7. The zero-order chi connectivity index (χ0) is 20.8. The van der Waals surface area contributed by atoms with Crippen LogP contribution < -0.4 is 0 Å². The van der Waals surface area contributed by atoms with Crippen LogP contribution in [0, 0.1) is 0 Å². The summed E-state index contributed by atoms with van der Waals surface area (Å²) >= 11 is 0. The third-order valence-corrected chi connectivity index (χ3v) is 7.62. The maximum Gasteiger partial charge on any atom is 0.0498 e. The van der Waals surface area contributed by atoms with Gasteiger partial charge in [0.05, 0.1) is 0 Å². The molecule has 1 unspecified atom stereocenters. The fourth-order valence-electron chi connectivity index (χ4n) is 5.29. The van der Waals surface area contributed by atoms with Crippen molar-refractivity contribution in [2.45, 2.75) is 38.6 Å². The monoisotopic (exact) mass is 412 g/mol. The number of para-hydroxylation sites is 1. The summed E-state index contributed by atoms with van der Waals surface area (Å²) in [6.45, 7) is 8.42. The van der Waals surface area contributed by atoms with Crippen LogP contribution in [0.2, 0.25) is 0 Å². The first-order valence-electron chi connectivity index (χ1n) is 11.9. The highest BCUT2D eigenvalue weighted by Crippen LogP contribution is 2.33. The van der Waals surface area contributed by atoms with Crippen molar-refractivity contribution in [3.05, 3.63) is 59.8 Å². The molecule has 2 N–H and O–H groups in total. The second-order valence-electron chi connectivity index (χ2n) is 9.47.